The standard InChI is InChI=1S/C19H29BFNO3.C13H17BrFNO/c1-18(2)19(3,4)25-20(24-18)15-8-9-17(16(21)14-15)23-13-12-22-10-6-5-7-11-22;14-11-4-5-13(12(15)10-11)17-9-8-16-6-2-1-3-7-16/h8-9,14H,5-7,10-13H2,1-4H3;4-5,10H,1-3,6-9H2. The number of likely N-dealkylation sites (tertiary alicyclic amines) is 2. The summed E-state index contributed by atoms with van der Waals surface area (Å²) in [4.78, 5) is 4.75. The van der Waals surface area contributed by atoms with Crippen LogP contribution < -0.4 is 14.9 Å². The van der Waals surface area contributed by atoms with Gasteiger partial charge in [0.25, 0.3) is 0 Å². The van der Waals surface area contributed by atoms with E-state index in [0.717, 1.165) is 43.7 Å². The Hall–Kier alpha value is -1.72. The van der Waals surface area contributed by atoms with Gasteiger partial charge in [-0.25, -0.2) is 8.78 Å². The van der Waals surface area contributed by atoms with Crippen LogP contribution in [-0.2, 0) is 9.31 Å². The molecule has 0 radical (unpaired) electrons. The van der Waals surface area contributed by atoms with E-state index in [1.807, 2.05) is 33.8 Å². The third-order valence-corrected chi connectivity index (χ3v) is 9.10. The third-order valence-electron chi connectivity index (χ3n) is 8.60. The lowest BCUT2D eigenvalue weighted by molar-refractivity contribution is 0.00578. The van der Waals surface area contributed by atoms with Gasteiger partial charge in [-0.05, 0) is 115 Å². The molecule has 0 atom stereocenters. The van der Waals surface area contributed by atoms with Crippen molar-refractivity contribution in [2.75, 3.05) is 52.5 Å². The van der Waals surface area contributed by atoms with Gasteiger partial charge in [0.15, 0.2) is 23.1 Å². The molecule has 3 aliphatic rings. The predicted molar refractivity (Wildman–Crippen MR) is 168 cm³/mol. The molecule has 0 spiro atoms. The van der Waals surface area contributed by atoms with Crippen molar-refractivity contribution in [3.05, 3.63) is 52.5 Å². The second-order valence-electron chi connectivity index (χ2n) is 12.4. The minimum Gasteiger partial charge on any atom is -0.489 e. The molecule has 0 unspecified atom stereocenters. The van der Waals surface area contributed by atoms with Crippen molar-refractivity contribution < 1.29 is 27.6 Å². The predicted octanol–water partition coefficient (Wildman–Crippen LogP) is 6.44. The second-order valence-corrected chi connectivity index (χ2v) is 13.3. The van der Waals surface area contributed by atoms with Crippen molar-refractivity contribution in [3.63, 3.8) is 0 Å². The Labute approximate surface area is 259 Å². The van der Waals surface area contributed by atoms with Crippen molar-refractivity contribution >= 4 is 28.5 Å². The fourth-order valence-electron chi connectivity index (χ4n) is 5.29. The quantitative estimate of drug-likeness (QED) is 0.291. The molecule has 0 N–H and O–H groups in total. The molecular weight excluding hydrogens is 605 g/mol. The van der Waals surface area contributed by atoms with Crippen LogP contribution in [0.4, 0.5) is 8.78 Å². The highest BCUT2D eigenvalue weighted by Crippen LogP contribution is 2.36. The van der Waals surface area contributed by atoms with Crippen LogP contribution in [0.25, 0.3) is 0 Å². The molecule has 0 aromatic heterocycles. The number of benzene rings is 2. The SMILES string of the molecule is CC1(C)OB(c2ccc(OCCN3CCCCC3)c(F)c2)OC1(C)C.Fc1cc(Br)ccc1OCCN1CCCCC1. The minimum atomic E-state index is -0.554. The summed E-state index contributed by atoms with van der Waals surface area (Å²) >= 11 is 3.22. The Morgan fingerprint density at radius 3 is 1.62 bits per heavy atom. The van der Waals surface area contributed by atoms with Gasteiger partial charge in [0.2, 0.25) is 0 Å². The summed E-state index contributed by atoms with van der Waals surface area (Å²) in [6, 6.07) is 9.83. The average molecular weight is 651 g/mol. The smallest absolute Gasteiger partial charge is 0.489 e. The van der Waals surface area contributed by atoms with E-state index in [9.17, 15) is 8.78 Å². The highest BCUT2D eigenvalue weighted by molar-refractivity contribution is 9.10. The molecule has 6 nitrogen and oxygen atoms in total. The van der Waals surface area contributed by atoms with E-state index in [2.05, 4.69) is 25.7 Å². The number of piperidine rings is 2. The molecule has 3 heterocycles. The number of halogens is 3. The summed E-state index contributed by atoms with van der Waals surface area (Å²) in [5.74, 6) is -0.0497. The fraction of sp³-hybridized carbons (Fsp3) is 0.625. The van der Waals surface area contributed by atoms with Crippen LogP contribution in [0.5, 0.6) is 11.5 Å². The van der Waals surface area contributed by atoms with Gasteiger partial charge in [-0.2, -0.15) is 0 Å². The van der Waals surface area contributed by atoms with E-state index in [1.54, 1.807) is 18.2 Å². The molecule has 5 rings (SSSR count). The molecular formula is C32H46BBrF2N2O4. The van der Waals surface area contributed by atoms with Crippen molar-refractivity contribution in [1.82, 2.24) is 9.80 Å². The normalized spacial score (nSPS) is 20.6. The van der Waals surface area contributed by atoms with Crippen LogP contribution in [0.15, 0.2) is 40.9 Å². The lowest BCUT2D eigenvalue weighted by Gasteiger charge is -2.32. The summed E-state index contributed by atoms with van der Waals surface area (Å²) in [5, 5.41) is 0. The van der Waals surface area contributed by atoms with Crippen molar-refractivity contribution in [1.29, 1.82) is 0 Å². The van der Waals surface area contributed by atoms with Crippen LogP contribution >= 0.6 is 15.9 Å². The molecule has 0 bridgehead atoms. The summed E-state index contributed by atoms with van der Waals surface area (Å²) in [6.45, 7) is 15.3. The summed E-state index contributed by atoms with van der Waals surface area (Å²) < 4.78 is 51.6. The minimum absolute atomic E-state index is 0.289. The largest absolute Gasteiger partial charge is 0.494 e. The van der Waals surface area contributed by atoms with Gasteiger partial charge in [-0.3, -0.25) is 9.80 Å². The maximum atomic E-state index is 14.4. The number of rotatable bonds is 9. The zero-order valence-electron chi connectivity index (χ0n) is 25.6. The molecule has 2 aromatic rings. The lowest BCUT2D eigenvalue weighted by atomic mass is 9.79. The monoisotopic (exact) mass is 650 g/mol. The zero-order chi connectivity index (χ0) is 30.2. The third kappa shape index (κ3) is 9.39. The van der Waals surface area contributed by atoms with Crippen LogP contribution in [0, 0.1) is 11.6 Å². The molecule has 3 saturated heterocycles. The number of hydrogen-bond acceptors (Lipinski definition) is 6. The Kier molecular flexibility index (Phi) is 12.1. The Bertz CT molecular complexity index is 1130. The first kappa shape index (κ1) is 33.2. The molecule has 232 valence electrons. The van der Waals surface area contributed by atoms with Crippen LogP contribution in [-0.4, -0.2) is 80.6 Å². The van der Waals surface area contributed by atoms with Crippen LogP contribution in [0.1, 0.15) is 66.2 Å². The maximum absolute atomic E-state index is 14.4. The van der Waals surface area contributed by atoms with Gasteiger partial charge in [-0.15, -0.1) is 0 Å². The first-order valence-electron chi connectivity index (χ1n) is 15.3. The van der Waals surface area contributed by atoms with Crippen molar-refractivity contribution in [3.8, 4) is 11.5 Å². The van der Waals surface area contributed by atoms with E-state index >= 15 is 0 Å². The molecule has 0 amide bonds. The van der Waals surface area contributed by atoms with Gasteiger partial charge in [0.1, 0.15) is 13.2 Å². The van der Waals surface area contributed by atoms with Gasteiger partial charge in [0.05, 0.1) is 11.2 Å². The van der Waals surface area contributed by atoms with Gasteiger partial charge in [0, 0.05) is 17.6 Å². The fourth-order valence-corrected chi connectivity index (χ4v) is 5.62. The van der Waals surface area contributed by atoms with Gasteiger partial charge in [-0.1, -0.05) is 34.8 Å². The Morgan fingerprint density at radius 1 is 0.714 bits per heavy atom. The molecule has 0 aliphatic carbocycles. The molecule has 2 aromatic carbocycles. The van der Waals surface area contributed by atoms with E-state index < -0.39 is 18.3 Å². The number of hydrogen-bond donors (Lipinski definition) is 0. The lowest BCUT2D eigenvalue weighted by Crippen LogP contribution is -2.41. The molecule has 10 heteroatoms. The molecule has 3 aliphatic heterocycles. The van der Waals surface area contributed by atoms with E-state index in [1.165, 1.54) is 50.7 Å². The Balaban J connectivity index is 0.000000208. The van der Waals surface area contributed by atoms with Crippen molar-refractivity contribution in [2.24, 2.45) is 0 Å². The maximum Gasteiger partial charge on any atom is 0.494 e. The molecule has 0 saturated carbocycles. The first-order valence-corrected chi connectivity index (χ1v) is 16.1. The van der Waals surface area contributed by atoms with E-state index in [0.29, 0.717) is 24.4 Å². The number of nitrogens with zero attached hydrogens (tertiary/aromatic N) is 2. The van der Waals surface area contributed by atoms with Crippen LogP contribution in [0.3, 0.4) is 0 Å². The first-order chi connectivity index (χ1) is 20.0. The second kappa shape index (κ2) is 15.3. The van der Waals surface area contributed by atoms with Gasteiger partial charge < -0.3 is 18.8 Å². The summed E-state index contributed by atoms with van der Waals surface area (Å²) in [6.07, 6.45) is 7.68. The highest BCUT2D eigenvalue weighted by Gasteiger charge is 2.51. The van der Waals surface area contributed by atoms with Crippen molar-refractivity contribution in [2.45, 2.75) is 77.4 Å². The summed E-state index contributed by atoms with van der Waals surface area (Å²) in [5.41, 5.74) is -0.185. The van der Waals surface area contributed by atoms with Crippen LogP contribution in [0.2, 0.25) is 0 Å². The average Bonchev–Trinajstić information content (AvgIpc) is 3.18. The topological polar surface area (TPSA) is 43.4 Å². The summed E-state index contributed by atoms with van der Waals surface area (Å²) in [7, 11) is -0.554. The Morgan fingerprint density at radius 2 is 1.17 bits per heavy atom. The van der Waals surface area contributed by atoms with Gasteiger partial charge >= 0.3 is 7.12 Å². The highest BCUT2D eigenvalue weighted by atomic mass is 79.9. The zero-order valence-corrected chi connectivity index (χ0v) is 27.2. The number of ether oxygens (including phenoxy) is 2. The van der Waals surface area contributed by atoms with E-state index in [4.69, 9.17) is 18.8 Å². The molecule has 42 heavy (non-hydrogen) atoms. The molecule has 3 fully saturated rings. The van der Waals surface area contributed by atoms with E-state index in [-0.39, 0.29) is 17.4 Å².